The second-order valence-corrected chi connectivity index (χ2v) is 3.86. The van der Waals surface area contributed by atoms with Gasteiger partial charge in [0.2, 0.25) is 5.91 Å². The number of carbonyl (C=O) groups is 1. The van der Waals surface area contributed by atoms with Crippen molar-refractivity contribution in [3.63, 3.8) is 0 Å². The molecule has 0 fully saturated rings. The predicted octanol–water partition coefficient (Wildman–Crippen LogP) is 0.968. The molecule has 1 heterocycles. The van der Waals surface area contributed by atoms with E-state index in [1.54, 1.807) is 0 Å². The molecule has 0 aliphatic heterocycles. The first-order valence-corrected chi connectivity index (χ1v) is 5.65. The van der Waals surface area contributed by atoms with Crippen LogP contribution >= 0.6 is 0 Å². The maximum atomic E-state index is 12.3. The van der Waals surface area contributed by atoms with Crippen LogP contribution in [0.15, 0.2) is 23.9 Å². The Morgan fingerprint density at radius 1 is 1.44 bits per heavy atom. The maximum absolute atomic E-state index is 12.3. The zero-order valence-electron chi connectivity index (χ0n) is 10.4. The number of hydrogen-bond acceptors (Lipinski definition) is 5. The third-order valence-electron chi connectivity index (χ3n) is 3.06. The number of amidine groups is 1. The minimum Gasteiger partial charge on any atom is -0.409 e. The van der Waals surface area contributed by atoms with Crippen molar-refractivity contribution in [3.05, 3.63) is 18.7 Å². The quantitative estimate of drug-likeness (QED) is 0.312. The normalized spacial score (nSPS) is 12.2. The Kier molecular flexibility index (Phi) is 4.59. The molecule has 0 unspecified atom stereocenters. The standard InChI is InChI=1S/C11H17N5O2/c1-3-11(4-2,9(12)16-18)10(17)15-8-5-13-7-14-6-8/h5-7,18H,3-4H2,1-2H3,(H2,12,16)(H,15,17). The Bertz CT molecular complexity index is 428. The molecule has 0 radical (unpaired) electrons. The number of nitrogens with zero attached hydrogens (tertiary/aromatic N) is 3. The lowest BCUT2D eigenvalue weighted by molar-refractivity contribution is -0.122. The van der Waals surface area contributed by atoms with Crippen LogP contribution < -0.4 is 11.1 Å². The Balaban J connectivity index is 2.98. The highest BCUT2D eigenvalue weighted by atomic mass is 16.4. The lowest BCUT2D eigenvalue weighted by atomic mass is 9.80. The van der Waals surface area contributed by atoms with E-state index in [2.05, 4.69) is 20.4 Å². The molecule has 0 atom stereocenters. The summed E-state index contributed by atoms with van der Waals surface area (Å²) in [5.74, 6) is -0.431. The molecule has 7 heteroatoms. The summed E-state index contributed by atoms with van der Waals surface area (Å²) in [6.07, 6.45) is 5.18. The van der Waals surface area contributed by atoms with Crippen molar-refractivity contribution in [2.24, 2.45) is 16.3 Å². The third kappa shape index (κ3) is 2.55. The number of rotatable bonds is 5. The average molecular weight is 251 g/mol. The van der Waals surface area contributed by atoms with Gasteiger partial charge in [0, 0.05) is 0 Å². The number of anilines is 1. The van der Waals surface area contributed by atoms with Gasteiger partial charge in [-0.3, -0.25) is 4.79 Å². The molecule has 0 aliphatic rings. The lowest BCUT2D eigenvalue weighted by Gasteiger charge is -2.28. The summed E-state index contributed by atoms with van der Waals surface area (Å²) in [7, 11) is 0. The number of nitrogens with one attached hydrogen (secondary N) is 1. The number of aromatic nitrogens is 2. The summed E-state index contributed by atoms with van der Waals surface area (Å²) in [5.41, 5.74) is 5.08. The van der Waals surface area contributed by atoms with Crippen LogP contribution in [-0.2, 0) is 4.79 Å². The van der Waals surface area contributed by atoms with Crippen molar-refractivity contribution < 1.29 is 10.0 Å². The monoisotopic (exact) mass is 251 g/mol. The summed E-state index contributed by atoms with van der Waals surface area (Å²) in [6, 6.07) is 0. The average Bonchev–Trinajstić information content (AvgIpc) is 2.41. The first-order valence-electron chi connectivity index (χ1n) is 5.65. The van der Waals surface area contributed by atoms with Crippen LogP contribution in [0.4, 0.5) is 5.69 Å². The topological polar surface area (TPSA) is 113 Å². The Hall–Kier alpha value is -2.18. The van der Waals surface area contributed by atoms with Crippen LogP contribution in [0.3, 0.4) is 0 Å². The van der Waals surface area contributed by atoms with Gasteiger partial charge in [0.15, 0.2) is 5.84 Å². The molecule has 7 nitrogen and oxygen atoms in total. The molecular weight excluding hydrogens is 234 g/mol. The molecule has 0 aromatic carbocycles. The Morgan fingerprint density at radius 2 is 2.00 bits per heavy atom. The van der Waals surface area contributed by atoms with E-state index in [4.69, 9.17) is 10.9 Å². The second-order valence-electron chi connectivity index (χ2n) is 3.86. The molecule has 98 valence electrons. The number of nitrogens with two attached hydrogens (primary N) is 1. The van der Waals surface area contributed by atoms with Crippen molar-refractivity contribution in [2.75, 3.05) is 5.32 Å². The summed E-state index contributed by atoms with van der Waals surface area (Å²) in [5, 5.41) is 14.4. The van der Waals surface area contributed by atoms with Gasteiger partial charge in [0.25, 0.3) is 0 Å². The molecular formula is C11H17N5O2. The number of oxime groups is 1. The van der Waals surface area contributed by atoms with Crippen molar-refractivity contribution in [3.8, 4) is 0 Å². The highest BCUT2D eigenvalue weighted by Gasteiger charge is 2.39. The van der Waals surface area contributed by atoms with E-state index in [1.807, 2.05) is 13.8 Å². The minimum absolute atomic E-state index is 0.0955. The smallest absolute Gasteiger partial charge is 0.238 e. The van der Waals surface area contributed by atoms with Crippen LogP contribution in [-0.4, -0.2) is 26.9 Å². The fourth-order valence-electron chi connectivity index (χ4n) is 1.76. The van der Waals surface area contributed by atoms with Crippen LogP contribution in [0.25, 0.3) is 0 Å². The van der Waals surface area contributed by atoms with Gasteiger partial charge < -0.3 is 16.3 Å². The zero-order chi connectivity index (χ0) is 13.6. The first-order chi connectivity index (χ1) is 8.60. The van der Waals surface area contributed by atoms with Gasteiger partial charge in [-0.2, -0.15) is 0 Å². The largest absolute Gasteiger partial charge is 0.409 e. The van der Waals surface area contributed by atoms with Gasteiger partial charge in [0.05, 0.1) is 18.1 Å². The highest BCUT2D eigenvalue weighted by Crippen LogP contribution is 2.28. The van der Waals surface area contributed by atoms with E-state index in [0.717, 1.165) is 0 Å². The van der Waals surface area contributed by atoms with Gasteiger partial charge in [-0.25, -0.2) is 9.97 Å². The lowest BCUT2D eigenvalue weighted by Crippen LogP contribution is -2.46. The summed E-state index contributed by atoms with van der Waals surface area (Å²) in [4.78, 5) is 19.9. The molecule has 0 spiro atoms. The predicted molar refractivity (Wildman–Crippen MR) is 67.1 cm³/mol. The second kappa shape index (κ2) is 5.95. The van der Waals surface area contributed by atoms with Crippen molar-refractivity contribution >= 4 is 17.4 Å². The van der Waals surface area contributed by atoms with Crippen molar-refractivity contribution in [1.82, 2.24) is 9.97 Å². The fraction of sp³-hybridized carbons (Fsp3) is 0.455. The van der Waals surface area contributed by atoms with Gasteiger partial charge in [-0.1, -0.05) is 19.0 Å². The van der Waals surface area contributed by atoms with Crippen LogP contribution in [0, 0.1) is 5.41 Å². The van der Waals surface area contributed by atoms with Crippen LogP contribution in [0.5, 0.6) is 0 Å². The van der Waals surface area contributed by atoms with E-state index in [9.17, 15) is 4.79 Å². The fourth-order valence-corrected chi connectivity index (χ4v) is 1.76. The molecule has 1 aromatic heterocycles. The van der Waals surface area contributed by atoms with Crippen LogP contribution in [0.2, 0.25) is 0 Å². The third-order valence-corrected chi connectivity index (χ3v) is 3.06. The van der Waals surface area contributed by atoms with Crippen molar-refractivity contribution in [1.29, 1.82) is 0 Å². The number of carbonyl (C=O) groups excluding carboxylic acids is 1. The molecule has 1 amide bonds. The zero-order valence-corrected chi connectivity index (χ0v) is 10.4. The summed E-state index contributed by atoms with van der Waals surface area (Å²) in [6.45, 7) is 3.62. The molecule has 0 saturated heterocycles. The van der Waals surface area contributed by atoms with E-state index in [-0.39, 0.29) is 11.7 Å². The Morgan fingerprint density at radius 3 is 2.44 bits per heavy atom. The van der Waals surface area contributed by atoms with Gasteiger partial charge in [0.1, 0.15) is 11.7 Å². The molecule has 0 saturated carbocycles. The molecule has 0 aliphatic carbocycles. The SMILES string of the molecule is CCC(CC)(C(=O)Nc1cncnc1)C(N)=NO. The minimum atomic E-state index is -1.02. The highest BCUT2D eigenvalue weighted by molar-refractivity contribution is 6.11. The number of amides is 1. The van der Waals surface area contributed by atoms with E-state index < -0.39 is 5.41 Å². The van der Waals surface area contributed by atoms with Gasteiger partial charge >= 0.3 is 0 Å². The van der Waals surface area contributed by atoms with Gasteiger partial charge in [-0.05, 0) is 12.8 Å². The van der Waals surface area contributed by atoms with E-state index in [0.29, 0.717) is 18.5 Å². The maximum Gasteiger partial charge on any atom is 0.238 e. The van der Waals surface area contributed by atoms with Crippen molar-refractivity contribution in [2.45, 2.75) is 26.7 Å². The molecule has 4 N–H and O–H groups in total. The molecule has 1 aromatic rings. The molecule has 0 bridgehead atoms. The number of hydrogen-bond donors (Lipinski definition) is 3. The van der Waals surface area contributed by atoms with E-state index >= 15 is 0 Å². The molecule has 1 rings (SSSR count). The van der Waals surface area contributed by atoms with Gasteiger partial charge in [-0.15, -0.1) is 0 Å². The van der Waals surface area contributed by atoms with Crippen LogP contribution in [0.1, 0.15) is 26.7 Å². The molecule has 18 heavy (non-hydrogen) atoms. The Labute approximate surface area is 105 Å². The first kappa shape index (κ1) is 13.9. The van der Waals surface area contributed by atoms with E-state index in [1.165, 1.54) is 18.7 Å². The summed E-state index contributed by atoms with van der Waals surface area (Å²) >= 11 is 0. The summed E-state index contributed by atoms with van der Waals surface area (Å²) < 4.78 is 0.